The van der Waals surface area contributed by atoms with E-state index < -0.39 is 0 Å². The zero-order chi connectivity index (χ0) is 10.4. The van der Waals surface area contributed by atoms with Crippen LogP contribution < -0.4 is 10.6 Å². The molecule has 1 heterocycles. The maximum atomic E-state index is 11.4. The van der Waals surface area contributed by atoms with Gasteiger partial charge in [0.15, 0.2) is 0 Å². The van der Waals surface area contributed by atoms with E-state index >= 15 is 0 Å². The standard InChI is InChI=1S/C9H16N2O3.ClH/c1-14-8(12)4-6-11-9(13)7-3-2-5-10-7;/h7,10H,2-6H2,1H3,(H,11,13);1H. The van der Waals surface area contributed by atoms with Crippen molar-refractivity contribution in [2.24, 2.45) is 0 Å². The van der Waals surface area contributed by atoms with Crippen molar-refractivity contribution in [1.29, 1.82) is 0 Å². The van der Waals surface area contributed by atoms with Crippen molar-refractivity contribution in [3.8, 4) is 0 Å². The number of hydrogen-bond donors (Lipinski definition) is 2. The summed E-state index contributed by atoms with van der Waals surface area (Å²) in [5.41, 5.74) is 0. The number of rotatable bonds is 4. The van der Waals surface area contributed by atoms with Crippen LogP contribution in [0.1, 0.15) is 19.3 Å². The van der Waals surface area contributed by atoms with Crippen LogP contribution in [0.3, 0.4) is 0 Å². The van der Waals surface area contributed by atoms with Crippen LogP contribution in [0.25, 0.3) is 0 Å². The molecule has 88 valence electrons. The highest BCUT2D eigenvalue weighted by Crippen LogP contribution is 2.04. The summed E-state index contributed by atoms with van der Waals surface area (Å²) in [7, 11) is 1.34. The molecule has 5 nitrogen and oxygen atoms in total. The number of halogens is 1. The Kier molecular flexibility index (Phi) is 7.07. The zero-order valence-corrected chi connectivity index (χ0v) is 9.56. The lowest BCUT2D eigenvalue weighted by Crippen LogP contribution is -2.41. The molecule has 0 saturated carbocycles. The van der Waals surface area contributed by atoms with Gasteiger partial charge in [-0.25, -0.2) is 0 Å². The van der Waals surface area contributed by atoms with E-state index in [1.54, 1.807) is 0 Å². The minimum absolute atomic E-state index is 0. The third kappa shape index (κ3) is 4.99. The van der Waals surface area contributed by atoms with Gasteiger partial charge in [0, 0.05) is 6.54 Å². The zero-order valence-electron chi connectivity index (χ0n) is 8.75. The molecule has 0 aromatic carbocycles. The summed E-state index contributed by atoms with van der Waals surface area (Å²) in [5.74, 6) is -0.323. The van der Waals surface area contributed by atoms with Gasteiger partial charge in [-0.3, -0.25) is 9.59 Å². The summed E-state index contributed by atoms with van der Waals surface area (Å²) in [6, 6.07) is -0.0763. The number of esters is 1. The molecule has 0 aromatic rings. The highest BCUT2D eigenvalue weighted by atomic mass is 35.5. The number of methoxy groups -OCH3 is 1. The minimum atomic E-state index is -0.301. The number of ether oxygens (including phenoxy) is 1. The van der Waals surface area contributed by atoms with Crippen LogP contribution in [0.2, 0.25) is 0 Å². The number of amides is 1. The van der Waals surface area contributed by atoms with Crippen molar-refractivity contribution >= 4 is 24.3 Å². The first-order chi connectivity index (χ1) is 6.74. The Balaban J connectivity index is 0.00000196. The molecule has 0 spiro atoms. The van der Waals surface area contributed by atoms with Gasteiger partial charge in [0.05, 0.1) is 19.6 Å². The van der Waals surface area contributed by atoms with Crippen LogP contribution in [0.15, 0.2) is 0 Å². The number of nitrogens with one attached hydrogen (secondary N) is 2. The van der Waals surface area contributed by atoms with Gasteiger partial charge in [0.1, 0.15) is 0 Å². The molecule has 0 bridgehead atoms. The van der Waals surface area contributed by atoms with Gasteiger partial charge in [-0.1, -0.05) is 0 Å². The first kappa shape index (κ1) is 14.2. The lowest BCUT2D eigenvalue weighted by Gasteiger charge is -2.10. The lowest BCUT2D eigenvalue weighted by molar-refractivity contribution is -0.140. The second kappa shape index (κ2) is 7.48. The summed E-state index contributed by atoms with van der Waals surface area (Å²) in [6.45, 7) is 1.25. The van der Waals surface area contributed by atoms with Gasteiger partial charge >= 0.3 is 5.97 Å². The fraction of sp³-hybridized carbons (Fsp3) is 0.778. The Morgan fingerprint density at radius 1 is 1.53 bits per heavy atom. The summed E-state index contributed by atoms with van der Waals surface area (Å²) < 4.78 is 4.45. The van der Waals surface area contributed by atoms with Crippen molar-refractivity contribution < 1.29 is 14.3 Å². The van der Waals surface area contributed by atoms with E-state index in [2.05, 4.69) is 15.4 Å². The second-order valence-electron chi connectivity index (χ2n) is 3.27. The molecule has 6 heteroatoms. The van der Waals surface area contributed by atoms with E-state index in [4.69, 9.17) is 0 Å². The van der Waals surface area contributed by atoms with E-state index in [9.17, 15) is 9.59 Å². The summed E-state index contributed by atoms with van der Waals surface area (Å²) in [4.78, 5) is 22.1. The predicted molar refractivity (Wildman–Crippen MR) is 57.9 cm³/mol. The molecular formula is C9H17ClN2O3. The molecule has 0 radical (unpaired) electrons. The van der Waals surface area contributed by atoms with Crippen LogP contribution in [0.4, 0.5) is 0 Å². The van der Waals surface area contributed by atoms with Crippen LogP contribution in [-0.4, -0.2) is 38.1 Å². The normalized spacial score (nSPS) is 19.1. The Morgan fingerprint density at radius 2 is 2.27 bits per heavy atom. The maximum Gasteiger partial charge on any atom is 0.307 e. The van der Waals surface area contributed by atoms with Gasteiger partial charge in [-0.05, 0) is 19.4 Å². The third-order valence-corrected chi connectivity index (χ3v) is 2.23. The molecule has 1 rings (SSSR count). The molecule has 1 aliphatic rings. The van der Waals surface area contributed by atoms with Gasteiger partial charge in [0.25, 0.3) is 0 Å². The van der Waals surface area contributed by atoms with E-state index in [-0.39, 0.29) is 36.7 Å². The minimum Gasteiger partial charge on any atom is -0.469 e. The molecule has 1 aliphatic heterocycles. The summed E-state index contributed by atoms with van der Waals surface area (Å²) in [6.07, 6.45) is 2.15. The molecule has 2 N–H and O–H groups in total. The first-order valence-corrected chi connectivity index (χ1v) is 4.82. The van der Waals surface area contributed by atoms with Crippen molar-refractivity contribution in [3.63, 3.8) is 0 Å². The van der Waals surface area contributed by atoms with Crippen LogP contribution in [0.5, 0.6) is 0 Å². The molecule has 0 aromatic heterocycles. The Morgan fingerprint density at radius 3 is 2.80 bits per heavy atom. The Bertz CT molecular complexity index is 217. The maximum absolute atomic E-state index is 11.4. The highest BCUT2D eigenvalue weighted by Gasteiger charge is 2.21. The smallest absolute Gasteiger partial charge is 0.307 e. The average Bonchev–Trinajstić information content (AvgIpc) is 2.70. The number of carbonyl (C=O) groups excluding carboxylic acids is 2. The molecule has 1 amide bonds. The van der Waals surface area contributed by atoms with Crippen LogP contribution in [0, 0.1) is 0 Å². The fourth-order valence-electron chi connectivity index (χ4n) is 1.42. The third-order valence-electron chi connectivity index (χ3n) is 2.23. The fourth-order valence-corrected chi connectivity index (χ4v) is 1.42. The summed E-state index contributed by atoms with van der Waals surface area (Å²) in [5, 5.41) is 5.77. The molecule has 1 fully saturated rings. The SMILES string of the molecule is COC(=O)CCNC(=O)C1CCCN1.Cl. The molecule has 1 saturated heterocycles. The summed E-state index contributed by atoms with van der Waals surface area (Å²) >= 11 is 0. The van der Waals surface area contributed by atoms with Crippen LogP contribution >= 0.6 is 12.4 Å². The van der Waals surface area contributed by atoms with Crippen molar-refractivity contribution in [3.05, 3.63) is 0 Å². The van der Waals surface area contributed by atoms with Gasteiger partial charge < -0.3 is 15.4 Å². The van der Waals surface area contributed by atoms with Crippen molar-refractivity contribution in [2.75, 3.05) is 20.2 Å². The highest BCUT2D eigenvalue weighted by molar-refractivity contribution is 5.85. The number of hydrogen-bond acceptors (Lipinski definition) is 4. The van der Waals surface area contributed by atoms with Crippen molar-refractivity contribution in [2.45, 2.75) is 25.3 Å². The average molecular weight is 237 g/mol. The molecule has 1 unspecified atom stereocenters. The Labute approximate surface area is 95.3 Å². The van der Waals surface area contributed by atoms with E-state index in [1.165, 1.54) is 7.11 Å². The molecular weight excluding hydrogens is 220 g/mol. The van der Waals surface area contributed by atoms with E-state index in [0.717, 1.165) is 19.4 Å². The van der Waals surface area contributed by atoms with E-state index in [1.807, 2.05) is 0 Å². The lowest BCUT2D eigenvalue weighted by atomic mass is 10.2. The topological polar surface area (TPSA) is 67.4 Å². The number of carbonyl (C=O) groups is 2. The molecule has 0 aliphatic carbocycles. The van der Waals surface area contributed by atoms with Gasteiger partial charge in [-0.15, -0.1) is 12.4 Å². The monoisotopic (exact) mass is 236 g/mol. The predicted octanol–water partition coefficient (Wildman–Crippen LogP) is -0.161. The molecule has 15 heavy (non-hydrogen) atoms. The van der Waals surface area contributed by atoms with Crippen LogP contribution in [-0.2, 0) is 14.3 Å². The van der Waals surface area contributed by atoms with Gasteiger partial charge in [-0.2, -0.15) is 0 Å². The largest absolute Gasteiger partial charge is 0.469 e. The quantitative estimate of drug-likeness (QED) is 0.666. The second-order valence-corrected chi connectivity index (χ2v) is 3.27. The van der Waals surface area contributed by atoms with Crippen molar-refractivity contribution in [1.82, 2.24) is 10.6 Å². The molecule has 1 atom stereocenters. The Hall–Kier alpha value is -0.810. The first-order valence-electron chi connectivity index (χ1n) is 4.82. The van der Waals surface area contributed by atoms with Gasteiger partial charge in [0.2, 0.25) is 5.91 Å². The van der Waals surface area contributed by atoms with E-state index in [0.29, 0.717) is 6.54 Å².